The number of aliphatic hydroxyl groups excluding tert-OH is 1. The molecule has 0 radical (unpaired) electrons. The van der Waals surface area contributed by atoms with Gasteiger partial charge in [-0.25, -0.2) is 0 Å². The summed E-state index contributed by atoms with van der Waals surface area (Å²) in [7, 11) is -1.78. The Labute approximate surface area is 142 Å². The second-order valence-electron chi connectivity index (χ2n) is 8.37. The van der Waals surface area contributed by atoms with E-state index in [1.807, 2.05) is 0 Å². The lowest BCUT2D eigenvalue weighted by Crippen LogP contribution is -2.52. The minimum absolute atomic E-state index is 0.202. The molecule has 0 amide bonds. The maximum Gasteiger partial charge on any atom is 0.192 e. The number of likely N-dealkylation sites (tertiary alicyclic amines) is 1. The summed E-state index contributed by atoms with van der Waals surface area (Å²) < 4.78 is 6.60. The number of nitrogens with zero attached hydrogens (tertiary/aromatic N) is 1. The third-order valence-electron chi connectivity index (χ3n) is 5.48. The van der Waals surface area contributed by atoms with E-state index in [9.17, 15) is 5.11 Å². The fourth-order valence-electron chi connectivity index (χ4n) is 2.96. The van der Waals surface area contributed by atoms with Crippen LogP contribution in [0.5, 0.6) is 0 Å². The van der Waals surface area contributed by atoms with E-state index in [1.54, 1.807) is 0 Å². The molecule has 1 saturated heterocycles. The average molecular weight is 336 g/mol. The molecule has 2 atom stereocenters. The normalized spacial score (nSPS) is 23.9. The minimum Gasteiger partial charge on any atom is -0.413 e. The zero-order chi connectivity index (χ0) is 17.1. The molecule has 1 aliphatic rings. The van der Waals surface area contributed by atoms with Crippen molar-refractivity contribution in [2.75, 3.05) is 19.7 Å². The Morgan fingerprint density at radius 2 is 1.87 bits per heavy atom. The van der Waals surface area contributed by atoms with Crippen LogP contribution in [0.3, 0.4) is 0 Å². The molecule has 4 heteroatoms. The maximum absolute atomic E-state index is 9.85. The highest BCUT2D eigenvalue weighted by Gasteiger charge is 2.41. The van der Waals surface area contributed by atoms with Crippen LogP contribution in [0.25, 0.3) is 0 Å². The monoisotopic (exact) mass is 335 g/mol. The molecule has 1 fully saturated rings. The van der Waals surface area contributed by atoms with Gasteiger partial charge in [0, 0.05) is 32.2 Å². The van der Waals surface area contributed by atoms with Crippen LogP contribution in [-0.4, -0.2) is 44.1 Å². The van der Waals surface area contributed by atoms with E-state index >= 15 is 0 Å². The highest BCUT2D eigenvalue weighted by Crippen LogP contribution is 2.39. The first-order valence-electron chi connectivity index (χ1n) is 8.78. The molecule has 0 bridgehead atoms. The van der Waals surface area contributed by atoms with E-state index in [4.69, 9.17) is 4.43 Å². The maximum atomic E-state index is 9.85. The summed E-state index contributed by atoms with van der Waals surface area (Å²) in [5, 5.41) is 10.1. The first-order valence-corrected chi connectivity index (χ1v) is 11.7. The predicted molar refractivity (Wildman–Crippen MR) is 99.0 cm³/mol. The third-order valence-corrected chi connectivity index (χ3v) is 9.99. The molecule has 1 aromatic carbocycles. The van der Waals surface area contributed by atoms with Gasteiger partial charge in [-0.3, -0.25) is 4.90 Å². The van der Waals surface area contributed by atoms with Crippen molar-refractivity contribution in [3.8, 4) is 0 Å². The second kappa shape index (κ2) is 7.47. The molecular formula is C19H33NO2Si. The number of rotatable bonds is 5. The van der Waals surface area contributed by atoms with E-state index < -0.39 is 8.32 Å². The topological polar surface area (TPSA) is 32.7 Å². The molecule has 0 aliphatic carbocycles. The van der Waals surface area contributed by atoms with Crippen molar-refractivity contribution in [1.29, 1.82) is 0 Å². The summed E-state index contributed by atoms with van der Waals surface area (Å²) >= 11 is 0. The number of piperidine rings is 1. The Bertz CT molecular complexity index is 484. The number of hydrogen-bond donors (Lipinski definition) is 1. The van der Waals surface area contributed by atoms with Crippen molar-refractivity contribution < 1.29 is 9.53 Å². The standard InChI is InChI=1S/C19H33NO2Si/c1-19(2,3)23(4,5)22-18-11-12-20(14-17(18)15-21)13-16-9-7-6-8-10-16/h6-10,17-18,21H,11-15H2,1-5H3/t17-,18+/m0/s1. The van der Waals surface area contributed by atoms with Crippen molar-refractivity contribution in [2.45, 2.75) is 58.0 Å². The largest absolute Gasteiger partial charge is 0.413 e. The van der Waals surface area contributed by atoms with E-state index in [-0.39, 0.29) is 23.7 Å². The van der Waals surface area contributed by atoms with Gasteiger partial charge in [0.15, 0.2) is 8.32 Å². The van der Waals surface area contributed by atoms with Crippen LogP contribution in [-0.2, 0) is 11.0 Å². The van der Waals surface area contributed by atoms with Gasteiger partial charge in [0.25, 0.3) is 0 Å². The predicted octanol–water partition coefficient (Wildman–Crippen LogP) is 3.89. The van der Waals surface area contributed by atoms with Gasteiger partial charge in [0.2, 0.25) is 0 Å². The van der Waals surface area contributed by atoms with E-state index in [2.05, 4.69) is 69.1 Å². The van der Waals surface area contributed by atoms with Crippen molar-refractivity contribution in [2.24, 2.45) is 5.92 Å². The van der Waals surface area contributed by atoms with Gasteiger partial charge in [-0.1, -0.05) is 51.1 Å². The van der Waals surface area contributed by atoms with E-state index in [0.29, 0.717) is 0 Å². The number of aliphatic hydroxyl groups is 1. The van der Waals surface area contributed by atoms with Crippen LogP contribution < -0.4 is 0 Å². The van der Waals surface area contributed by atoms with Crippen molar-refractivity contribution >= 4 is 8.32 Å². The van der Waals surface area contributed by atoms with Crippen molar-refractivity contribution in [3.63, 3.8) is 0 Å². The Hall–Kier alpha value is -0.683. The zero-order valence-corrected chi connectivity index (χ0v) is 16.4. The van der Waals surface area contributed by atoms with Crippen LogP contribution in [0.1, 0.15) is 32.8 Å². The smallest absolute Gasteiger partial charge is 0.192 e. The molecule has 0 unspecified atom stereocenters. The molecule has 23 heavy (non-hydrogen) atoms. The molecule has 1 N–H and O–H groups in total. The van der Waals surface area contributed by atoms with Gasteiger partial charge in [0.05, 0.1) is 6.10 Å². The molecule has 0 aromatic heterocycles. The zero-order valence-electron chi connectivity index (χ0n) is 15.4. The Balaban J connectivity index is 1.96. The summed E-state index contributed by atoms with van der Waals surface area (Å²) in [6.45, 7) is 14.6. The quantitative estimate of drug-likeness (QED) is 0.829. The molecule has 0 spiro atoms. The summed E-state index contributed by atoms with van der Waals surface area (Å²) in [5.41, 5.74) is 1.34. The Morgan fingerprint density at radius 1 is 1.22 bits per heavy atom. The fraction of sp³-hybridized carbons (Fsp3) is 0.684. The minimum atomic E-state index is -1.78. The number of hydrogen-bond acceptors (Lipinski definition) is 3. The lowest BCUT2D eigenvalue weighted by Gasteiger charge is -2.45. The van der Waals surface area contributed by atoms with Gasteiger partial charge >= 0.3 is 0 Å². The summed E-state index contributed by atoms with van der Waals surface area (Å²) in [6.07, 6.45) is 1.22. The van der Waals surface area contributed by atoms with Crippen molar-refractivity contribution in [1.82, 2.24) is 4.90 Å². The molecule has 1 aromatic rings. The fourth-order valence-corrected chi connectivity index (χ4v) is 4.38. The van der Waals surface area contributed by atoms with Gasteiger partial charge in [-0.05, 0) is 30.1 Å². The van der Waals surface area contributed by atoms with Gasteiger partial charge in [0.1, 0.15) is 0 Å². The van der Waals surface area contributed by atoms with Crippen molar-refractivity contribution in [3.05, 3.63) is 35.9 Å². The van der Waals surface area contributed by atoms with Gasteiger partial charge in [-0.15, -0.1) is 0 Å². The van der Waals surface area contributed by atoms with Crippen LogP contribution in [0.2, 0.25) is 18.1 Å². The molecule has 0 saturated carbocycles. The Kier molecular flexibility index (Phi) is 6.06. The highest BCUT2D eigenvalue weighted by atomic mass is 28.4. The average Bonchev–Trinajstić information content (AvgIpc) is 2.48. The molecular weight excluding hydrogens is 302 g/mol. The molecule has 3 nitrogen and oxygen atoms in total. The third kappa shape index (κ3) is 4.89. The molecule has 1 aliphatic heterocycles. The summed E-state index contributed by atoms with van der Waals surface area (Å²) in [4.78, 5) is 2.45. The first kappa shape index (κ1) is 18.7. The highest BCUT2D eigenvalue weighted by molar-refractivity contribution is 6.74. The van der Waals surface area contributed by atoms with Crippen LogP contribution in [0.4, 0.5) is 0 Å². The summed E-state index contributed by atoms with van der Waals surface area (Å²) in [5.74, 6) is 0.224. The summed E-state index contributed by atoms with van der Waals surface area (Å²) in [6, 6.07) is 10.6. The van der Waals surface area contributed by atoms with Crippen LogP contribution in [0, 0.1) is 5.92 Å². The number of benzene rings is 1. The lowest BCUT2D eigenvalue weighted by atomic mass is 9.95. The van der Waals surface area contributed by atoms with E-state index in [1.165, 1.54) is 5.56 Å². The molecule has 1 heterocycles. The van der Waals surface area contributed by atoms with Gasteiger partial charge in [-0.2, -0.15) is 0 Å². The van der Waals surface area contributed by atoms with Crippen LogP contribution >= 0.6 is 0 Å². The lowest BCUT2D eigenvalue weighted by molar-refractivity contribution is 0.00509. The van der Waals surface area contributed by atoms with E-state index in [0.717, 1.165) is 26.1 Å². The second-order valence-corrected chi connectivity index (χ2v) is 13.1. The first-order chi connectivity index (χ1) is 10.7. The molecule has 2 rings (SSSR count). The SMILES string of the molecule is CC(C)(C)[Si](C)(C)O[C@@H]1CCN(Cc2ccccc2)C[C@H]1CO. The van der Waals surface area contributed by atoms with Crippen LogP contribution in [0.15, 0.2) is 30.3 Å². The molecule has 130 valence electrons. The Morgan fingerprint density at radius 3 is 2.43 bits per heavy atom. The van der Waals surface area contributed by atoms with Gasteiger partial charge < -0.3 is 9.53 Å².